The summed E-state index contributed by atoms with van der Waals surface area (Å²) in [6.45, 7) is 3.38. The molecular weight excluding hydrogens is 381 g/mol. The molecule has 4 rings (SSSR count). The zero-order valence-corrected chi connectivity index (χ0v) is 15.7. The first-order chi connectivity index (χ1) is 12.6. The van der Waals surface area contributed by atoms with Crippen LogP contribution in [0.3, 0.4) is 0 Å². The van der Waals surface area contributed by atoms with Crippen LogP contribution in [0.4, 0.5) is 13.2 Å². The van der Waals surface area contributed by atoms with Crippen LogP contribution in [0, 0.1) is 24.7 Å². The molecule has 2 aromatic heterocycles. The molecule has 2 fully saturated rings. The van der Waals surface area contributed by atoms with Crippen molar-refractivity contribution >= 4 is 23.2 Å². The van der Waals surface area contributed by atoms with Gasteiger partial charge < -0.3 is 5.32 Å². The second kappa shape index (κ2) is 6.36. The summed E-state index contributed by atoms with van der Waals surface area (Å²) in [7, 11) is 0. The molecule has 2 aromatic rings. The monoisotopic (exact) mass is 400 g/mol. The van der Waals surface area contributed by atoms with Crippen LogP contribution in [0.2, 0.25) is 5.02 Å². The topological polar surface area (TPSA) is 59.3 Å². The van der Waals surface area contributed by atoms with Crippen LogP contribution in [0.15, 0.2) is 6.07 Å². The highest BCUT2D eigenvalue weighted by atomic mass is 35.5. The Bertz CT molecular complexity index is 910. The lowest BCUT2D eigenvalue weighted by molar-refractivity contribution is -0.142. The summed E-state index contributed by atoms with van der Waals surface area (Å²) in [5, 5.41) is 6.56. The normalized spacial score (nSPS) is 25.9. The number of carbonyl (C=O) groups excluding carboxylic acids is 1. The summed E-state index contributed by atoms with van der Waals surface area (Å²) < 4.78 is 40.5. The zero-order chi connectivity index (χ0) is 19.5. The lowest BCUT2D eigenvalue weighted by Gasteiger charge is -2.28. The molecule has 2 bridgehead atoms. The number of aryl methyl sites for hydroxylation is 1. The molecule has 2 aliphatic carbocycles. The number of nitrogens with zero attached hydrogens (tertiary/aromatic N) is 3. The van der Waals surface area contributed by atoms with Gasteiger partial charge in [0.15, 0.2) is 11.3 Å². The Kier molecular flexibility index (Phi) is 4.36. The molecule has 146 valence electrons. The summed E-state index contributed by atoms with van der Waals surface area (Å²) in [6.07, 6.45) is 0.0989. The van der Waals surface area contributed by atoms with Crippen molar-refractivity contribution < 1.29 is 18.0 Å². The maximum absolute atomic E-state index is 13.3. The van der Waals surface area contributed by atoms with Crippen molar-refractivity contribution in [2.45, 2.75) is 51.7 Å². The SMILES string of the molecule is Cc1cc(C(F)(F)F)n2nc(C(=O)NC(C)C3CC4CCC3C4)c(Cl)c2n1. The van der Waals surface area contributed by atoms with Crippen LogP contribution >= 0.6 is 11.6 Å². The van der Waals surface area contributed by atoms with E-state index in [0.29, 0.717) is 16.4 Å². The number of nitrogens with one attached hydrogen (secondary N) is 1. The maximum atomic E-state index is 13.3. The lowest BCUT2D eigenvalue weighted by Crippen LogP contribution is -2.40. The highest BCUT2D eigenvalue weighted by molar-refractivity contribution is 6.36. The molecule has 2 heterocycles. The van der Waals surface area contributed by atoms with Crippen molar-refractivity contribution in [1.29, 1.82) is 0 Å². The van der Waals surface area contributed by atoms with Crippen molar-refractivity contribution in [3.63, 3.8) is 0 Å². The van der Waals surface area contributed by atoms with Crippen molar-refractivity contribution in [3.8, 4) is 0 Å². The predicted octanol–water partition coefficient (Wildman–Crippen LogP) is 4.26. The molecule has 4 atom stereocenters. The average Bonchev–Trinajstić information content (AvgIpc) is 3.28. The highest BCUT2D eigenvalue weighted by Gasteiger charge is 2.42. The number of halogens is 4. The molecule has 5 nitrogen and oxygen atoms in total. The van der Waals surface area contributed by atoms with E-state index in [1.807, 2.05) is 6.92 Å². The van der Waals surface area contributed by atoms with E-state index in [0.717, 1.165) is 18.4 Å². The van der Waals surface area contributed by atoms with Crippen LogP contribution in [-0.4, -0.2) is 26.5 Å². The first kappa shape index (κ1) is 18.5. The molecule has 9 heteroatoms. The molecule has 0 spiro atoms. The third-order valence-corrected chi connectivity index (χ3v) is 6.31. The average molecular weight is 401 g/mol. The smallest absolute Gasteiger partial charge is 0.348 e. The van der Waals surface area contributed by atoms with Gasteiger partial charge in [-0.1, -0.05) is 18.0 Å². The number of rotatable bonds is 3. The van der Waals surface area contributed by atoms with Gasteiger partial charge in [-0.25, -0.2) is 9.50 Å². The Labute approximate surface area is 159 Å². The van der Waals surface area contributed by atoms with Gasteiger partial charge >= 0.3 is 6.18 Å². The number of carbonyl (C=O) groups is 1. The summed E-state index contributed by atoms with van der Waals surface area (Å²) in [4.78, 5) is 16.7. The molecule has 0 saturated heterocycles. The van der Waals surface area contributed by atoms with Crippen molar-refractivity contribution in [1.82, 2.24) is 19.9 Å². The molecule has 0 radical (unpaired) electrons. The van der Waals surface area contributed by atoms with Crippen LogP contribution in [-0.2, 0) is 6.18 Å². The van der Waals surface area contributed by atoms with Gasteiger partial charge in [0.1, 0.15) is 10.7 Å². The minimum Gasteiger partial charge on any atom is -0.348 e. The predicted molar refractivity (Wildman–Crippen MR) is 93.6 cm³/mol. The molecule has 0 aliphatic heterocycles. The minimum absolute atomic E-state index is 0.0783. The van der Waals surface area contributed by atoms with E-state index in [-0.39, 0.29) is 28.1 Å². The number of alkyl halides is 3. The summed E-state index contributed by atoms with van der Waals surface area (Å²) in [5.41, 5.74) is -1.25. The fraction of sp³-hybridized carbons (Fsp3) is 0.611. The lowest BCUT2D eigenvalue weighted by atomic mass is 9.84. The molecular formula is C18H20ClF3N4O. The summed E-state index contributed by atoms with van der Waals surface area (Å²) in [5.74, 6) is 1.18. The third-order valence-electron chi connectivity index (χ3n) is 5.96. The van der Waals surface area contributed by atoms with Crippen LogP contribution in [0.25, 0.3) is 5.65 Å². The molecule has 27 heavy (non-hydrogen) atoms. The van der Waals surface area contributed by atoms with E-state index in [9.17, 15) is 18.0 Å². The number of hydrogen-bond acceptors (Lipinski definition) is 3. The summed E-state index contributed by atoms with van der Waals surface area (Å²) in [6, 6.07) is 0.807. The van der Waals surface area contributed by atoms with Gasteiger partial charge in [0.05, 0.1) is 0 Å². The van der Waals surface area contributed by atoms with Gasteiger partial charge in [0.2, 0.25) is 0 Å². The largest absolute Gasteiger partial charge is 0.433 e. The first-order valence-corrected chi connectivity index (χ1v) is 9.47. The highest BCUT2D eigenvalue weighted by Crippen LogP contribution is 2.49. The number of aromatic nitrogens is 3. The Morgan fingerprint density at radius 1 is 1.37 bits per heavy atom. The Balaban J connectivity index is 1.63. The van der Waals surface area contributed by atoms with E-state index in [4.69, 9.17) is 11.6 Å². The van der Waals surface area contributed by atoms with Crippen LogP contribution in [0.1, 0.15) is 54.5 Å². The van der Waals surface area contributed by atoms with E-state index in [1.54, 1.807) is 0 Å². The molecule has 1 N–H and O–H groups in total. The minimum atomic E-state index is -4.63. The van der Waals surface area contributed by atoms with Gasteiger partial charge in [0.25, 0.3) is 5.91 Å². The molecule has 2 aliphatic rings. The van der Waals surface area contributed by atoms with Gasteiger partial charge in [-0.15, -0.1) is 0 Å². The zero-order valence-electron chi connectivity index (χ0n) is 15.0. The summed E-state index contributed by atoms with van der Waals surface area (Å²) >= 11 is 6.18. The second-order valence-electron chi connectivity index (χ2n) is 7.78. The van der Waals surface area contributed by atoms with Gasteiger partial charge in [0, 0.05) is 11.7 Å². The second-order valence-corrected chi connectivity index (χ2v) is 8.16. The first-order valence-electron chi connectivity index (χ1n) is 9.09. The van der Waals surface area contributed by atoms with E-state index in [1.165, 1.54) is 26.2 Å². The van der Waals surface area contributed by atoms with Crippen molar-refractivity contribution in [3.05, 3.63) is 28.2 Å². The molecule has 1 amide bonds. The van der Waals surface area contributed by atoms with E-state index >= 15 is 0 Å². The number of fused-ring (bicyclic) bond motifs is 3. The Morgan fingerprint density at radius 3 is 2.70 bits per heavy atom. The number of amides is 1. The van der Waals surface area contributed by atoms with Crippen molar-refractivity contribution in [2.24, 2.45) is 17.8 Å². The Morgan fingerprint density at radius 2 is 2.11 bits per heavy atom. The van der Waals surface area contributed by atoms with E-state index < -0.39 is 17.8 Å². The van der Waals surface area contributed by atoms with Crippen LogP contribution in [0.5, 0.6) is 0 Å². The van der Waals surface area contributed by atoms with Gasteiger partial charge in [-0.3, -0.25) is 4.79 Å². The maximum Gasteiger partial charge on any atom is 0.433 e. The van der Waals surface area contributed by atoms with Gasteiger partial charge in [-0.05, 0) is 56.9 Å². The molecule has 4 unspecified atom stereocenters. The fourth-order valence-electron chi connectivity index (χ4n) is 4.75. The quantitative estimate of drug-likeness (QED) is 0.837. The Hall–Kier alpha value is -1.83. The van der Waals surface area contributed by atoms with Crippen LogP contribution < -0.4 is 5.32 Å². The van der Waals surface area contributed by atoms with E-state index in [2.05, 4.69) is 15.4 Å². The standard InChI is InChI=1S/C18H20ClF3N4O/c1-8-5-13(18(20,21)22)26-16(23-8)14(19)15(25-26)17(27)24-9(2)12-7-10-3-4-11(12)6-10/h5,9-12H,3-4,6-7H2,1-2H3,(H,24,27). The third kappa shape index (κ3) is 3.17. The van der Waals surface area contributed by atoms with Crippen molar-refractivity contribution in [2.75, 3.05) is 0 Å². The number of hydrogen-bond donors (Lipinski definition) is 1. The molecule has 2 saturated carbocycles. The fourth-order valence-corrected chi connectivity index (χ4v) is 4.99. The van der Waals surface area contributed by atoms with Gasteiger partial charge in [-0.2, -0.15) is 18.3 Å². The molecule has 0 aromatic carbocycles.